The molecule has 0 fully saturated rings. The van der Waals surface area contributed by atoms with Crippen LogP contribution in [0.1, 0.15) is 45.7 Å². The first-order valence-electron chi connectivity index (χ1n) is 10.8. The molecule has 1 aliphatic rings. The second-order valence-electron chi connectivity index (χ2n) is 7.43. The van der Waals surface area contributed by atoms with Gasteiger partial charge in [-0.05, 0) is 77.7 Å². The Morgan fingerprint density at radius 1 is 1.12 bits per heavy atom. The van der Waals surface area contributed by atoms with Gasteiger partial charge in [0.25, 0.3) is 0 Å². The summed E-state index contributed by atoms with van der Waals surface area (Å²) in [4.78, 5) is 22.1. The van der Waals surface area contributed by atoms with Crippen molar-refractivity contribution in [2.45, 2.75) is 52.4 Å². The third-order valence-corrected chi connectivity index (χ3v) is 4.60. The van der Waals surface area contributed by atoms with Crippen LogP contribution in [0.5, 0.6) is 0 Å². The van der Waals surface area contributed by atoms with Gasteiger partial charge < -0.3 is 42.0 Å². The highest BCUT2D eigenvalue weighted by molar-refractivity contribution is 5.56. The van der Waals surface area contributed by atoms with E-state index < -0.39 is 12.2 Å². The smallest absolute Gasteiger partial charge is 0.207 e. The Balaban J connectivity index is 0. The van der Waals surface area contributed by atoms with Crippen LogP contribution >= 0.6 is 0 Å². The third-order valence-electron chi connectivity index (χ3n) is 4.60. The van der Waals surface area contributed by atoms with E-state index in [1.165, 1.54) is 19.5 Å². The van der Waals surface area contributed by atoms with Crippen molar-refractivity contribution >= 4 is 18.4 Å². The molecule has 9 heteroatoms. The first kappa shape index (κ1) is 32.5. The zero-order valence-electron chi connectivity index (χ0n) is 20.8. The summed E-state index contributed by atoms with van der Waals surface area (Å²) in [5.74, 6) is 0. The van der Waals surface area contributed by atoms with Crippen LogP contribution in [0.15, 0.2) is 47.8 Å². The summed E-state index contributed by atoms with van der Waals surface area (Å²) in [6.07, 6.45) is 3.70. The van der Waals surface area contributed by atoms with Gasteiger partial charge in [-0.1, -0.05) is 18.2 Å². The van der Waals surface area contributed by atoms with E-state index in [4.69, 9.17) is 15.9 Å². The fourth-order valence-electron chi connectivity index (χ4n) is 2.47. The molecule has 2 rings (SSSR count). The normalized spacial score (nSPS) is 15.9. The van der Waals surface area contributed by atoms with Crippen molar-refractivity contribution in [1.29, 1.82) is 0 Å². The van der Waals surface area contributed by atoms with Gasteiger partial charge in [-0.25, -0.2) is 0 Å². The Morgan fingerprint density at radius 3 is 2.06 bits per heavy atom. The third kappa shape index (κ3) is 15.7. The molecule has 8 N–H and O–H groups in total. The molecule has 3 atom stereocenters. The maximum atomic E-state index is 10.3. The summed E-state index contributed by atoms with van der Waals surface area (Å²) in [6.45, 7) is 9.51. The average Bonchev–Trinajstić information content (AvgIpc) is 2.82. The summed E-state index contributed by atoms with van der Waals surface area (Å²) < 4.78 is 0. The minimum Gasteiger partial charge on any atom is -0.402 e. The number of anilines is 1. The number of hydrogen-bond acceptors (Lipinski definition) is 8. The number of nitrogens with zero attached hydrogens (tertiary/aromatic N) is 1. The van der Waals surface area contributed by atoms with Crippen LogP contribution in [0.4, 0.5) is 5.69 Å². The van der Waals surface area contributed by atoms with Crippen LogP contribution in [0.3, 0.4) is 0 Å². The van der Waals surface area contributed by atoms with Crippen LogP contribution in [-0.4, -0.2) is 67.2 Å². The molecule has 0 aliphatic carbocycles. The molecule has 1 aromatic rings. The number of rotatable bonds is 7. The van der Waals surface area contributed by atoms with Crippen molar-refractivity contribution in [1.82, 2.24) is 10.2 Å². The van der Waals surface area contributed by atoms with E-state index in [9.17, 15) is 9.59 Å². The predicted octanol–water partition coefficient (Wildman–Crippen LogP) is 1.50. The van der Waals surface area contributed by atoms with Crippen LogP contribution < -0.4 is 22.1 Å². The highest BCUT2D eigenvalue weighted by Crippen LogP contribution is 2.15. The number of likely N-dealkylation sites (N-methyl/N-ethyl adjacent to an activating group) is 1. The van der Waals surface area contributed by atoms with Gasteiger partial charge in [0, 0.05) is 24.5 Å². The molecule has 0 radical (unpaired) electrons. The number of aldehydes is 1. The molecule has 1 aliphatic heterocycles. The minimum atomic E-state index is -1.22. The summed E-state index contributed by atoms with van der Waals surface area (Å²) in [5, 5.41) is 22.5. The molecule has 0 aromatic heterocycles. The number of aliphatic hydroxyl groups excluding tert-OH is 2. The summed E-state index contributed by atoms with van der Waals surface area (Å²) in [6, 6.07) is 8.01. The Labute approximate surface area is 198 Å². The molecule has 9 nitrogen and oxygen atoms in total. The molecule has 1 amide bonds. The van der Waals surface area contributed by atoms with Gasteiger partial charge in [-0.3, -0.25) is 4.79 Å². The molecular formula is C24H43N5O4. The summed E-state index contributed by atoms with van der Waals surface area (Å²) >= 11 is 0. The molecule has 1 aromatic carbocycles. The van der Waals surface area contributed by atoms with Gasteiger partial charge in [-0.2, -0.15) is 0 Å². The molecule has 0 saturated carbocycles. The van der Waals surface area contributed by atoms with E-state index in [1.807, 2.05) is 50.4 Å². The Morgan fingerprint density at radius 2 is 1.70 bits per heavy atom. The van der Waals surface area contributed by atoms with E-state index >= 15 is 0 Å². The fraction of sp³-hybridized carbons (Fsp3) is 0.500. The van der Waals surface area contributed by atoms with Gasteiger partial charge in [0.1, 0.15) is 6.10 Å². The van der Waals surface area contributed by atoms with Gasteiger partial charge in [0.05, 0.1) is 12.1 Å². The van der Waals surface area contributed by atoms with Crippen molar-refractivity contribution in [3.05, 3.63) is 53.4 Å². The number of carbonyl (C=O) groups excluding carboxylic acids is 2. The Kier molecular flexibility index (Phi) is 19.6. The van der Waals surface area contributed by atoms with E-state index in [0.717, 1.165) is 42.9 Å². The molecule has 0 spiro atoms. The van der Waals surface area contributed by atoms with Gasteiger partial charge in [-0.15, -0.1) is 0 Å². The van der Waals surface area contributed by atoms with Crippen molar-refractivity contribution in [2.24, 2.45) is 11.5 Å². The van der Waals surface area contributed by atoms with Crippen LogP contribution in [0, 0.1) is 0 Å². The monoisotopic (exact) mass is 465 g/mol. The average molecular weight is 466 g/mol. The molecule has 0 unspecified atom stereocenters. The van der Waals surface area contributed by atoms with Crippen molar-refractivity contribution in [2.75, 3.05) is 32.5 Å². The van der Waals surface area contributed by atoms with Crippen LogP contribution in [-0.2, 0) is 9.59 Å². The second-order valence-corrected chi connectivity index (χ2v) is 7.43. The van der Waals surface area contributed by atoms with Crippen LogP contribution in [0.25, 0.3) is 0 Å². The van der Waals surface area contributed by atoms with Gasteiger partial charge in [0.2, 0.25) is 6.41 Å². The van der Waals surface area contributed by atoms with E-state index in [-0.39, 0.29) is 6.04 Å². The first-order valence-corrected chi connectivity index (χ1v) is 10.8. The van der Waals surface area contributed by atoms with Crippen molar-refractivity contribution in [3.63, 3.8) is 0 Å². The van der Waals surface area contributed by atoms with E-state index in [0.29, 0.717) is 6.29 Å². The lowest BCUT2D eigenvalue weighted by Crippen LogP contribution is -2.29. The number of benzene rings is 1. The van der Waals surface area contributed by atoms with Crippen molar-refractivity contribution < 1.29 is 19.8 Å². The number of amides is 1. The molecule has 1 heterocycles. The number of aliphatic hydroxyl groups is 2. The molecule has 0 bridgehead atoms. The molecule has 188 valence electrons. The molecule has 33 heavy (non-hydrogen) atoms. The van der Waals surface area contributed by atoms with Crippen molar-refractivity contribution in [3.8, 4) is 0 Å². The lowest BCUT2D eigenvalue weighted by molar-refractivity contribution is -0.119. The molecule has 0 saturated heterocycles. The highest BCUT2D eigenvalue weighted by Gasteiger charge is 2.09. The zero-order chi connectivity index (χ0) is 25.8. The number of nitrogens with one attached hydrogen (secondary N) is 2. The SMILES string of the molecule is C/C=C\Nc1ccc([C@@H](C)NC=O)cc1.CC1=C(N)CCN(C)C1.CN.C[C@H](O)[C@@H](O)C=O. The second kappa shape index (κ2) is 19.9. The van der Waals surface area contributed by atoms with Gasteiger partial charge >= 0.3 is 0 Å². The lowest BCUT2D eigenvalue weighted by Gasteiger charge is -2.23. The van der Waals surface area contributed by atoms with E-state index in [2.05, 4.69) is 35.2 Å². The Hall–Kier alpha value is -2.72. The minimum absolute atomic E-state index is 0.0540. The largest absolute Gasteiger partial charge is 0.402 e. The first-order chi connectivity index (χ1) is 15.7. The standard InChI is InChI=1S/C12H16N2O.C7H14N2.C4H8O3.CH5N/c1-3-8-13-12-6-4-11(5-7-12)10(2)14-9-15;1-6-5-9(2)4-3-7(6)8;1-3(6)4(7)2-5;1-2/h3-10,13H,1-2H3,(H,14,15);3-5,8H2,1-2H3;2-4,6-7H,1H3;2H2,1H3/b8-3-;;;/t10-;;3-,4-;/m1.0./s1. The van der Waals surface area contributed by atoms with E-state index in [1.54, 1.807) is 0 Å². The highest BCUT2D eigenvalue weighted by atomic mass is 16.3. The van der Waals surface area contributed by atoms with Gasteiger partial charge in [0.15, 0.2) is 6.29 Å². The number of hydrogen-bond donors (Lipinski definition) is 6. The number of nitrogens with two attached hydrogens (primary N) is 2. The summed E-state index contributed by atoms with van der Waals surface area (Å²) in [5.41, 5.74) is 14.7. The summed E-state index contributed by atoms with van der Waals surface area (Å²) in [7, 11) is 3.62. The Bertz CT molecular complexity index is 705. The quantitative estimate of drug-likeness (QED) is 0.331. The molecular weight excluding hydrogens is 422 g/mol. The lowest BCUT2D eigenvalue weighted by atomic mass is 10.1. The maximum absolute atomic E-state index is 10.3. The number of carbonyl (C=O) groups is 2. The predicted molar refractivity (Wildman–Crippen MR) is 135 cm³/mol. The maximum Gasteiger partial charge on any atom is 0.207 e. The fourth-order valence-corrected chi connectivity index (χ4v) is 2.47. The zero-order valence-corrected chi connectivity index (χ0v) is 20.8. The topological polar surface area (TPSA) is 154 Å². The number of allylic oxidation sites excluding steroid dienone is 1. The van der Waals surface area contributed by atoms with Crippen LogP contribution in [0.2, 0.25) is 0 Å².